The third kappa shape index (κ3) is 3.54. The van der Waals surface area contributed by atoms with Crippen LogP contribution in [0.25, 0.3) is 0 Å². The van der Waals surface area contributed by atoms with Crippen LogP contribution in [0.3, 0.4) is 0 Å². The highest BCUT2D eigenvalue weighted by molar-refractivity contribution is 9.10. The van der Waals surface area contributed by atoms with Crippen molar-refractivity contribution in [1.82, 2.24) is 4.98 Å². The molecule has 0 radical (unpaired) electrons. The minimum atomic E-state index is -0.152. The molecule has 1 aromatic carbocycles. The number of aromatic nitrogens is 1. The molecule has 0 aliphatic carbocycles. The Labute approximate surface area is 120 Å². The zero-order valence-corrected chi connectivity index (χ0v) is 12.3. The molecule has 0 aliphatic rings. The van der Waals surface area contributed by atoms with Gasteiger partial charge in [0.15, 0.2) is 0 Å². The van der Waals surface area contributed by atoms with Gasteiger partial charge in [-0.05, 0) is 30.3 Å². The molecule has 98 valence electrons. The fourth-order valence-electron chi connectivity index (χ4n) is 1.56. The van der Waals surface area contributed by atoms with Crippen LogP contribution < -0.4 is 10.2 Å². The van der Waals surface area contributed by atoms with Gasteiger partial charge >= 0.3 is 0 Å². The molecule has 0 fully saturated rings. The molecule has 0 saturated heterocycles. The van der Waals surface area contributed by atoms with E-state index in [4.69, 9.17) is 0 Å². The monoisotopic (exact) mass is 319 g/mol. The maximum absolute atomic E-state index is 12.0. The van der Waals surface area contributed by atoms with Crippen molar-refractivity contribution in [1.29, 1.82) is 0 Å². The van der Waals surface area contributed by atoms with Crippen molar-refractivity contribution < 1.29 is 4.79 Å². The highest BCUT2D eigenvalue weighted by Gasteiger charge is 2.06. The van der Waals surface area contributed by atoms with Crippen molar-refractivity contribution in [2.24, 2.45) is 0 Å². The zero-order valence-electron chi connectivity index (χ0n) is 10.7. The van der Waals surface area contributed by atoms with Crippen molar-refractivity contribution >= 4 is 33.3 Å². The van der Waals surface area contributed by atoms with Crippen molar-refractivity contribution in [2.75, 3.05) is 24.3 Å². The Morgan fingerprint density at radius 3 is 2.63 bits per heavy atom. The summed E-state index contributed by atoms with van der Waals surface area (Å²) in [7, 11) is 3.84. The Kier molecular flexibility index (Phi) is 4.16. The maximum atomic E-state index is 12.0. The Hall–Kier alpha value is -1.88. The number of nitrogens with one attached hydrogen (secondary N) is 1. The van der Waals surface area contributed by atoms with Gasteiger partial charge in [-0.3, -0.25) is 4.79 Å². The maximum Gasteiger partial charge on any atom is 0.255 e. The number of hydrogen-bond donors (Lipinski definition) is 1. The van der Waals surface area contributed by atoms with Gasteiger partial charge in [0.2, 0.25) is 0 Å². The predicted octanol–water partition coefficient (Wildman–Crippen LogP) is 3.16. The van der Waals surface area contributed by atoms with Crippen molar-refractivity contribution in [3.8, 4) is 0 Å². The zero-order chi connectivity index (χ0) is 13.8. The third-order valence-corrected chi connectivity index (χ3v) is 3.04. The molecule has 0 saturated carbocycles. The minimum absolute atomic E-state index is 0.152. The molecule has 4 nitrogen and oxygen atoms in total. The number of halogens is 1. The first-order valence-electron chi connectivity index (χ1n) is 5.76. The van der Waals surface area contributed by atoms with Crippen molar-refractivity contribution in [3.05, 3.63) is 52.6 Å². The molecular formula is C14H14BrN3O. The molecule has 1 amide bonds. The van der Waals surface area contributed by atoms with Crippen molar-refractivity contribution in [3.63, 3.8) is 0 Å². The van der Waals surface area contributed by atoms with Gasteiger partial charge in [-0.15, -0.1) is 0 Å². The SMILES string of the molecule is CN(C)c1ccc(NC(=O)c2cccc(Br)c2)cn1. The normalized spacial score (nSPS) is 10.1. The van der Waals surface area contributed by atoms with Gasteiger partial charge in [-0.25, -0.2) is 4.98 Å². The second kappa shape index (κ2) is 5.84. The summed E-state index contributed by atoms with van der Waals surface area (Å²) in [4.78, 5) is 18.2. The molecule has 0 aliphatic heterocycles. The van der Waals surface area contributed by atoms with Gasteiger partial charge < -0.3 is 10.2 Å². The molecule has 5 heteroatoms. The van der Waals surface area contributed by atoms with Crippen molar-refractivity contribution in [2.45, 2.75) is 0 Å². The standard InChI is InChI=1S/C14H14BrN3O/c1-18(2)13-7-6-12(9-16-13)17-14(19)10-4-3-5-11(15)8-10/h3-9H,1-2H3,(H,17,19). The van der Waals surface area contributed by atoms with Crippen LogP contribution >= 0.6 is 15.9 Å². The summed E-state index contributed by atoms with van der Waals surface area (Å²) in [6.07, 6.45) is 1.64. The summed E-state index contributed by atoms with van der Waals surface area (Å²) < 4.78 is 0.876. The molecule has 0 spiro atoms. The van der Waals surface area contributed by atoms with Crippen LogP contribution in [-0.4, -0.2) is 25.0 Å². The lowest BCUT2D eigenvalue weighted by molar-refractivity contribution is 0.102. The predicted molar refractivity (Wildman–Crippen MR) is 80.7 cm³/mol. The average Bonchev–Trinajstić information content (AvgIpc) is 2.39. The topological polar surface area (TPSA) is 45.2 Å². The quantitative estimate of drug-likeness (QED) is 0.945. The fraction of sp³-hybridized carbons (Fsp3) is 0.143. The molecular weight excluding hydrogens is 306 g/mol. The van der Waals surface area contributed by atoms with Crippen LogP contribution in [0.15, 0.2) is 47.1 Å². The number of pyridine rings is 1. The molecule has 19 heavy (non-hydrogen) atoms. The number of anilines is 2. The number of hydrogen-bond acceptors (Lipinski definition) is 3. The van der Waals surface area contributed by atoms with Crippen LogP contribution in [0.4, 0.5) is 11.5 Å². The summed E-state index contributed by atoms with van der Waals surface area (Å²) in [5.41, 5.74) is 1.28. The van der Waals surface area contributed by atoms with Crippen LogP contribution in [0.2, 0.25) is 0 Å². The number of carbonyl (C=O) groups excluding carboxylic acids is 1. The number of nitrogens with zero attached hydrogens (tertiary/aromatic N) is 2. The van der Waals surface area contributed by atoms with E-state index in [0.29, 0.717) is 11.3 Å². The van der Waals surface area contributed by atoms with E-state index in [2.05, 4.69) is 26.2 Å². The van der Waals surface area contributed by atoms with E-state index >= 15 is 0 Å². The van der Waals surface area contributed by atoms with Crippen LogP contribution in [-0.2, 0) is 0 Å². The third-order valence-electron chi connectivity index (χ3n) is 2.55. The van der Waals surface area contributed by atoms with E-state index in [0.717, 1.165) is 10.3 Å². The highest BCUT2D eigenvalue weighted by atomic mass is 79.9. The molecule has 0 unspecified atom stereocenters. The minimum Gasteiger partial charge on any atom is -0.363 e. The van der Waals surface area contributed by atoms with Gasteiger partial charge in [0.05, 0.1) is 11.9 Å². The first-order valence-corrected chi connectivity index (χ1v) is 6.56. The van der Waals surface area contributed by atoms with Gasteiger partial charge in [-0.1, -0.05) is 22.0 Å². The number of rotatable bonds is 3. The fourth-order valence-corrected chi connectivity index (χ4v) is 1.96. The molecule has 0 bridgehead atoms. The van der Waals surface area contributed by atoms with E-state index in [1.165, 1.54) is 0 Å². The van der Waals surface area contributed by atoms with Crippen LogP contribution in [0.1, 0.15) is 10.4 Å². The summed E-state index contributed by atoms with van der Waals surface area (Å²) in [6.45, 7) is 0. The smallest absolute Gasteiger partial charge is 0.255 e. The lowest BCUT2D eigenvalue weighted by atomic mass is 10.2. The van der Waals surface area contributed by atoms with E-state index in [-0.39, 0.29) is 5.91 Å². The summed E-state index contributed by atoms with van der Waals surface area (Å²) in [5, 5.41) is 2.81. The first-order chi connectivity index (χ1) is 9.06. The number of benzene rings is 1. The molecule has 2 aromatic rings. The lowest BCUT2D eigenvalue weighted by Gasteiger charge is -2.11. The van der Waals surface area contributed by atoms with Crippen LogP contribution in [0.5, 0.6) is 0 Å². The van der Waals surface area contributed by atoms with E-state index in [9.17, 15) is 4.79 Å². The average molecular weight is 320 g/mol. The van der Waals surface area contributed by atoms with Gasteiger partial charge in [0, 0.05) is 24.1 Å². The molecule has 1 N–H and O–H groups in total. The summed E-state index contributed by atoms with van der Waals surface area (Å²) >= 11 is 3.34. The number of amides is 1. The Morgan fingerprint density at radius 2 is 2.05 bits per heavy atom. The molecule has 2 rings (SSSR count). The summed E-state index contributed by atoms with van der Waals surface area (Å²) in [6, 6.07) is 10.9. The Bertz CT molecular complexity index is 581. The second-order valence-corrected chi connectivity index (χ2v) is 5.18. The molecule has 0 atom stereocenters. The van der Waals surface area contributed by atoms with E-state index < -0.39 is 0 Å². The first kappa shape index (κ1) is 13.5. The van der Waals surface area contributed by atoms with Crippen LogP contribution in [0, 0.1) is 0 Å². The van der Waals surface area contributed by atoms with Gasteiger partial charge in [-0.2, -0.15) is 0 Å². The van der Waals surface area contributed by atoms with Gasteiger partial charge in [0.1, 0.15) is 5.82 Å². The largest absolute Gasteiger partial charge is 0.363 e. The summed E-state index contributed by atoms with van der Waals surface area (Å²) in [5.74, 6) is 0.696. The lowest BCUT2D eigenvalue weighted by Crippen LogP contribution is -2.13. The second-order valence-electron chi connectivity index (χ2n) is 4.26. The Morgan fingerprint density at radius 1 is 1.26 bits per heavy atom. The van der Waals surface area contributed by atoms with E-state index in [1.807, 2.05) is 43.3 Å². The Balaban J connectivity index is 2.10. The highest BCUT2D eigenvalue weighted by Crippen LogP contribution is 2.15. The van der Waals surface area contributed by atoms with E-state index in [1.54, 1.807) is 18.3 Å². The number of carbonyl (C=O) groups is 1. The molecule has 1 heterocycles. The molecule has 1 aromatic heterocycles. The van der Waals surface area contributed by atoms with Gasteiger partial charge in [0.25, 0.3) is 5.91 Å².